The van der Waals surface area contributed by atoms with Crippen molar-refractivity contribution in [1.29, 1.82) is 0 Å². The van der Waals surface area contributed by atoms with Gasteiger partial charge in [0.1, 0.15) is 0 Å². The van der Waals surface area contributed by atoms with Gasteiger partial charge in [-0.1, -0.05) is 44.0 Å². The van der Waals surface area contributed by atoms with Crippen molar-refractivity contribution >= 4 is 37.5 Å². The molecule has 2 aromatic rings. The van der Waals surface area contributed by atoms with Crippen molar-refractivity contribution in [3.63, 3.8) is 0 Å². The van der Waals surface area contributed by atoms with Crippen LogP contribution in [0, 0.1) is 0 Å². The van der Waals surface area contributed by atoms with Crippen molar-refractivity contribution in [2.24, 2.45) is 0 Å². The van der Waals surface area contributed by atoms with Gasteiger partial charge in [0.05, 0.1) is 13.2 Å². The third kappa shape index (κ3) is 4.12. The molecule has 0 spiro atoms. The van der Waals surface area contributed by atoms with Gasteiger partial charge in [0.15, 0.2) is 0 Å². The molecule has 18 heavy (non-hydrogen) atoms. The van der Waals surface area contributed by atoms with E-state index < -0.39 is 0 Å². The molecule has 0 amide bonds. The quantitative estimate of drug-likeness (QED) is 0.803. The molecule has 0 saturated carbocycles. The number of ether oxygens (including phenoxy) is 1. The van der Waals surface area contributed by atoms with Crippen LogP contribution in [0.25, 0.3) is 0 Å². The monoisotopic (exact) mass is 369 g/mol. The van der Waals surface area contributed by atoms with Crippen LogP contribution in [0.15, 0.2) is 51.4 Å². The first-order valence-electron chi connectivity index (χ1n) is 5.50. The van der Waals surface area contributed by atoms with E-state index in [1.54, 1.807) is 0 Å². The first kappa shape index (κ1) is 13.6. The molecule has 0 saturated heterocycles. The molecular formula is C14H13Br2NO. The summed E-state index contributed by atoms with van der Waals surface area (Å²) in [4.78, 5) is 0. The molecule has 2 N–H and O–H groups in total. The van der Waals surface area contributed by atoms with E-state index in [0.29, 0.717) is 13.2 Å². The summed E-state index contributed by atoms with van der Waals surface area (Å²) < 4.78 is 7.72. The molecule has 4 heteroatoms. The third-order valence-corrected chi connectivity index (χ3v) is 3.42. The molecule has 0 heterocycles. The van der Waals surface area contributed by atoms with Crippen LogP contribution in [0.1, 0.15) is 11.1 Å². The smallest absolute Gasteiger partial charge is 0.0722 e. The molecule has 0 aliphatic carbocycles. The Morgan fingerprint density at radius 3 is 2.17 bits per heavy atom. The average molecular weight is 371 g/mol. The largest absolute Gasteiger partial charge is 0.399 e. The Morgan fingerprint density at radius 2 is 1.50 bits per heavy atom. The fraction of sp³-hybridized carbons (Fsp3) is 0.143. The van der Waals surface area contributed by atoms with E-state index in [1.807, 2.05) is 42.5 Å². The van der Waals surface area contributed by atoms with E-state index in [1.165, 1.54) is 0 Å². The highest BCUT2D eigenvalue weighted by Gasteiger charge is 1.99. The van der Waals surface area contributed by atoms with E-state index >= 15 is 0 Å². The van der Waals surface area contributed by atoms with Crippen molar-refractivity contribution in [3.05, 3.63) is 62.5 Å². The lowest BCUT2D eigenvalue weighted by atomic mass is 10.2. The van der Waals surface area contributed by atoms with Crippen LogP contribution in [0.3, 0.4) is 0 Å². The summed E-state index contributed by atoms with van der Waals surface area (Å²) >= 11 is 6.82. The van der Waals surface area contributed by atoms with Crippen molar-refractivity contribution in [2.75, 3.05) is 5.73 Å². The molecule has 0 unspecified atom stereocenters. The molecule has 0 aliphatic heterocycles. The average Bonchev–Trinajstić information content (AvgIpc) is 2.30. The second-order valence-electron chi connectivity index (χ2n) is 4.01. The fourth-order valence-electron chi connectivity index (χ4n) is 1.63. The molecule has 0 fully saturated rings. The van der Waals surface area contributed by atoms with Crippen molar-refractivity contribution in [1.82, 2.24) is 0 Å². The van der Waals surface area contributed by atoms with Gasteiger partial charge in [0, 0.05) is 14.6 Å². The topological polar surface area (TPSA) is 35.2 Å². The second kappa shape index (κ2) is 6.36. The normalized spacial score (nSPS) is 10.6. The lowest BCUT2D eigenvalue weighted by molar-refractivity contribution is 0.107. The molecule has 0 bridgehead atoms. The first-order valence-corrected chi connectivity index (χ1v) is 7.09. The van der Waals surface area contributed by atoms with Crippen molar-refractivity contribution < 1.29 is 4.74 Å². The van der Waals surface area contributed by atoms with Gasteiger partial charge in [-0.05, 0) is 41.5 Å². The van der Waals surface area contributed by atoms with Crippen LogP contribution >= 0.6 is 31.9 Å². The van der Waals surface area contributed by atoms with E-state index in [9.17, 15) is 0 Å². The van der Waals surface area contributed by atoms with Crippen molar-refractivity contribution in [2.45, 2.75) is 13.2 Å². The first-order chi connectivity index (χ1) is 8.63. The lowest BCUT2D eigenvalue weighted by Gasteiger charge is -2.06. The minimum absolute atomic E-state index is 0.555. The summed E-state index contributed by atoms with van der Waals surface area (Å²) in [6.07, 6.45) is 0. The zero-order chi connectivity index (χ0) is 13.0. The maximum atomic E-state index is 5.77. The molecule has 2 nitrogen and oxygen atoms in total. The maximum absolute atomic E-state index is 5.77. The molecule has 0 aromatic heterocycles. The Morgan fingerprint density at radius 1 is 0.833 bits per heavy atom. The summed E-state index contributed by atoms with van der Waals surface area (Å²) in [5, 5.41) is 0. The number of hydrogen-bond acceptors (Lipinski definition) is 2. The number of nitrogen functional groups attached to an aromatic ring is 1. The van der Waals surface area contributed by atoms with Gasteiger partial charge in [-0.3, -0.25) is 0 Å². The van der Waals surface area contributed by atoms with E-state index in [-0.39, 0.29) is 0 Å². The molecule has 94 valence electrons. The van der Waals surface area contributed by atoms with Gasteiger partial charge in [0.2, 0.25) is 0 Å². The summed E-state index contributed by atoms with van der Waals surface area (Å²) in [6, 6.07) is 13.9. The Hall–Kier alpha value is -0.840. The van der Waals surface area contributed by atoms with Gasteiger partial charge in [-0.15, -0.1) is 0 Å². The van der Waals surface area contributed by atoms with E-state index in [4.69, 9.17) is 10.5 Å². The molecule has 2 aromatic carbocycles. The Kier molecular flexibility index (Phi) is 4.80. The summed E-state index contributed by atoms with van der Waals surface area (Å²) in [6.45, 7) is 1.15. The van der Waals surface area contributed by atoms with Gasteiger partial charge >= 0.3 is 0 Å². The number of hydrogen-bond donors (Lipinski definition) is 1. The number of halogens is 2. The Labute approximate surface area is 123 Å². The van der Waals surface area contributed by atoms with E-state index in [0.717, 1.165) is 25.8 Å². The summed E-state index contributed by atoms with van der Waals surface area (Å²) in [5.41, 5.74) is 8.73. The Bertz CT molecular complexity index is 506. The zero-order valence-electron chi connectivity index (χ0n) is 9.70. The van der Waals surface area contributed by atoms with Gasteiger partial charge in [-0.25, -0.2) is 0 Å². The molecule has 2 rings (SSSR count). The van der Waals surface area contributed by atoms with Crippen LogP contribution in [0.4, 0.5) is 5.69 Å². The number of rotatable bonds is 4. The lowest BCUT2D eigenvalue weighted by Crippen LogP contribution is -1.95. The predicted octanol–water partition coefficient (Wildman–Crippen LogP) is 4.51. The van der Waals surface area contributed by atoms with Crippen LogP contribution in [0.2, 0.25) is 0 Å². The van der Waals surface area contributed by atoms with Crippen LogP contribution in [0.5, 0.6) is 0 Å². The predicted molar refractivity (Wildman–Crippen MR) is 81.2 cm³/mol. The highest BCUT2D eigenvalue weighted by atomic mass is 79.9. The highest BCUT2D eigenvalue weighted by molar-refractivity contribution is 9.10. The molecule has 0 radical (unpaired) electrons. The summed E-state index contributed by atoms with van der Waals surface area (Å²) in [5.74, 6) is 0. The SMILES string of the molecule is Nc1cc(Br)cc(COCc2ccc(Br)cc2)c1. The molecular weight excluding hydrogens is 358 g/mol. The van der Waals surface area contributed by atoms with Gasteiger partial charge in [-0.2, -0.15) is 0 Å². The molecule has 0 aliphatic rings. The fourth-order valence-corrected chi connectivity index (χ4v) is 2.45. The third-order valence-electron chi connectivity index (χ3n) is 2.43. The number of benzene rings is 2. The second-order valence-corrected chi connectivity index (χ2v) is 5.84. The highest BCUT2D eigenvalue weighted by Crippen LogP contribution is 2.18. The standard InChI is InChI=1S/C14H13Br2NO/c15-12-3-1-10(2-4-12)8-18-9-11-5-13(16)7-14(17)6-11/h1-7H,8-9,17H2. The van der Waals surface area contributed by atoms with Crippen LogP contribution < -0.4 is 5.73 Å². The minimum Gasteiger partial charge on any atom is -0.399 e. The van der Waals surface area contributed by atoms with Crippen LogP contribution in [-0.2, 0) is 18.0 Å². The van der Waals surface area contributed by atoms with Gasteiger partial charge < -0.3 is 10.5 Å². The minimum atomic E-state index is 0.555. The number of anilines is 1. The summed E-state index contributed by atoms with van der Waals surface area (Å²) in [7, 11) is 0. The Balaban J connectivity index is 1.90. The van der Waals surface area contributed by atoms with Crippen LogP contribution in [-0.4, -0.2) is 0 Å². The zero-order valence-corrected chi connectivity index (χ0v) is 12.9. The van der Waals surface area contributed by atoms with Crippen molar-refractivity contribution in [3.8, 4) is 0 Å². The molecule has 0 atom stereocenters. The van der Waals surface area contributed by atoms with E-state index in [2.05, 4.69) is 31.9 Å². The van der Waals surface area contributed by atoms with Gasteiger partial charge in [0.25, 0.3) is 0 Å². The maximum Gasteiger partial charge on any atom is 0.0722 e. The number of nitrogens with two attached hydrogens (primary N) is 1.